The third-order valence-corrected chi connectivity index (χ3v) is 7.38. The predicted molar refractivity (Wildman–Crippen MR) is 197 cm³/mol. The van der Waals surface area contributed by atoms with Gasteiger partial charge in [-0.3, -0.25) is 38.4 Å². The van der Waals surface area contributed by atoms with E-state index in [9.17, 15) is 38.4 Å². The topological polar surface area (TPSA) is 272 Å². The fourth-order valence-electron chi connectivity index (χ4n) is 5.15. The summed E-state index contributed by atoms with van der Waals surface area (Å²) in [5.74, 6) is -5.57. The van der Waals surface area contributed by atoms with Gasteiger partial charge in [0.15, 0.2) is 49.1 Å². The predicted octanol–water partition coefficient (Wildman–Crippen LogP) is 0.0153. The van der Waals surface area contributed by atoms with Gasteiger partial charge in [-0.25, -0.2) is 9.98 Å². The molecule has 2 fully saturated rings. The summed E-state index contributed by atoms with van der Waals surface area (Å²) in [5, 5.41) is -0.373. The summed E-state index contributed by atoms with van der Waals surface area (Å²) >= 11 is 9.97. The van der Waals surface area contributed by atoms with E-state index < -0.39 is 109 Å². The molecule has 2 rings (SSSR count). The molecule has 0 spiro atoms. The largest absolute Gasteiger partial charge is 2.00 e. The van der Waals surface area contributed by atoms with Crippen molar-refractivity contribution in [3.05, 3.63) is 0 Å². The van der Waals surface area contributed by atoms with E-state index in [0.29, 0.717) is 0 Å². The summed E-state index contributed by atoms with van der Waals surface area (Å²) in [4.78, 5) is 100. The van der Waals surface area contributed by atoms with E-state index in [0.717, 1.165) is 41.5 Å². The van der Waals surface area contributed by atoms with Gasteiger partial charge in [0.2, 0.25) is 0 Å². The van der Waals surface area contributed by atoms with Gasteiger partial charge in [-0.1, -0.05) is 0 Å². The van der Waals surface area contributed by atoms with Crippen LogP contribution in [0.4, 0.5) is 0 Å². The van der Waals surface area contributed by atoms with Crippen molar-refractivity contribution in [3.63, 3.8) is 0 Å². The normalized spacial score (nSPS) is 26.3. The van der Waals surface area contributed by atoms with Gasteiger partial charge in [0.1, 0.15) is 25.4 Å². The quantitative estimate of drug-likeness (QED) is 0.0554. The van der Waals surface area contributed by atoms with E-state index in [-0.39, 0.29) is 64.6 Å². The van der Waals surface area contributed by atoms with Crippen molar-refractivity contribution < 1.29 is 123 Å². The zero-order chi connectivity index (χ0) is 44.3. The molecule has 0 aromatic heterocycles. The number of ether oxygens (including phenoxy) is 12. The van der Waals surface area contributed by atoms with Gasteiger partial charge in [0, 0.05) is 55.4 Å². The number of esters is 8. The number of carbonyl (C=O) groups is 8. The van der Waals surface area contributed by atoms with Crippen molar-refractivity contribution in [1.29, 1.82) is 0 Å². The minimum Gasteiger partial charge on any atom is -0.722 e. The first kappa shape index (κ1) is 55.0. The van der Waals surface area contributed by atoms with Crippen molar-refractivity contribution in [3.8, 4) is 0 Å². The summed E-state index contributed by atoms with van der Waals surface area (Å²) < 4.78 is 63.1. The van der Waals surface area contributed by atoms with E-state index in [4.69, 9.17) is 82.1 Å². The number of hydrogen-bond donors (Lipinski definition) is 0. The molecule has 0 N–H and O–H groups in total. The molecule has 2 saturated heterocycles. The van der Waals surface area contributed by atoms with Crippen molar-refractivity contribution in [2.75, 3.05) is 26.4 Å². The molecular formula is C34H48HgN2O20S2. The van der Waals surface area contributed by atoms with Crippen molar-refractivity contribution >= 4 is 83.5 Å². The molecule has 59 heavy (non-hydrogen) atoms. The van der Waals surface area contributed by atoms with Gasteiger partial charge in [-0.15, -0.1) is 0 Å². The summed E-state index contributed by atoms with van der Waals surface area (Å²) in [6.45, 7) is 12.3. The molecule has 0 bridgehead atoms. The SMILES string of the molecule is CCOC([S-])=N[C@@H]1O[C@H](COC(C)=O)[C@@H](OC(C)=O)[C@H](OC(C)=O)[C@H]1OC(C)=O.CCOC([S-])=N[C@@H]1O[C@H](COC(C)=O)[C@@H](OC(C)=O)[C@H](OC(C)=O)[C@H]1OC(C)=O.[Hg+2]. The smallest absolute Gasteiger partial charge is 0.722 e. The summed E-state index contributed by atoms with van der Waals surface area (Å²) in [6, 6.07) is 0. The summed E-state index contributed by atoms with van der Waals surface area (Å²) in [7, 11) is 0. The van der Waals surface area contributed by atoms with Crippen LogP contribution in [-0.4, -0.2) is 146 Å². The molecule has 2 heterocycles. The molecule has 0 aromatic carbocycles. The van der Waals surface area contributed by atoms with Gasteiger partial charge in [0.25, 0.3) is 0 Å². The molecule has 10 atom stereocenters. The minimum absolute atomic E-state index is 0. The standard InChI is InChI=1S/2C17H25NO10S.Hg/c2*1-6-23-17(29)18-16-15(27-11(5)22)14(26-10(4)21)13(25-9(3)20)12(28-16)7-24-8(2)19;/h2*12-16H,6-7H2,1-5H3,(H,18,29);/q;;+2/p-2/t2*12-,13-,14+,15-,16-;/m11./s1. The molecule has 0 unspecified atom stereocenters. The number of aliphatic imine (C=N–C) groups is 2. The Hall–Kier alpha value is -4.00. The Balaban J connectivity index is 0.00000112. The van der Waals surface area contributed by atoms with Crippen LogP contribution in [0.15, 0.2) is 9.98 Å². The van der Waals surface area contributed by atoms with Crippen LogP contribution in [0.1, 0.15) is 69.2 Å². The maximum absolute atomic E-state index is 11.7. The third-order valence-electron chi connectivity index (χ3n) is 6.93. The van der Waals surface area contributed by atoms with Crippen molar-refractivity contribution in [2.24, 2.45) is 9.98 Å². The van der Waals surface area contributed by atoms with Gasteiger partial charge in [-0.05, 0) is 13.8 Å². The van der Waals surface area contributed by atoms with Gasteiger partial charge >= 0.3 is 75.4 Å². The Labute approximate surface area is 371 Å². The van der Waals surface area contributed by atoms with E-state index in [1.165, 1.54) is 13.8 Å². The fraction of sp³-hybridized carbons (Fsp3) is 0.706. The molecular weight excluding hydrogens is 1020 g/mol. The molecule has 0 saturated carbocycles. The van der Waals surface area contributed by atoms with Crippen LogP contribution >= 0.6 is 0 Å². The van der Waals surface area contributed by atoms with E-state index >= 15 is 0 Å². The first-order valence-electron chi connectivity index (χ1n) is 17.5. The number of carbonyl (C=O) groups excluding carboxylic acids is 8. The molecule has 328 valence electrons. The Morgan fingerprint density at radius 2 is 0.678 bits per heavy atom. The number of hydrogen-bond acceptors (Lipinski definition) is 24. The van der Waals surface area contributed by atoms with Crippen LogP contribution in [0.3, 0.4) is 0 Å². The zero-order valence-corrected chi connectivity index (χ0v) is 41.3. The van der Waals surface area contributed by atoms with Crippen LogP contribution in [0.5, 0.6) is 0 Å². The maximum Gasteiger partial charge on any atom is 2.00 e. The first-order valence-corrected chi connectivity index (χ1v) is 18.3. The van der Waals surface area contributed by atoms with Gasteiger partial charge in [-0.2, -0.15) is 0 Å². The fourth-order valence-corrected chi connectivity index (χ4v) is 5.59. The Kier molecular flexibility index (Phi) is 25.8. The van der Waals surface area contributed by atoms with Crippen molar-refractivity contribution in [1.82, 2.24) is 0 Å². The Bertz CT molecular complexity index is 1420. The molecule has 0 aliphatic carbocycles. The third kappa shape index (κ3) is 20.7. The van der Waals surface area contributed by atoms with Crippen LogP contribution in [0, 0.1) is 0 Å². The molecule has 22 nitrogen and oxygen atoms in total. The van der Waals surface area contributed by atoms with Crippen molar-refractivity contribution in [2.45, 2.75) is 131 Å². The maximum atomic E-state index is 11.7. The molecule has 2 aliphatic heterocycles. The Morgan fingerprint density at radius 1 is 0.424 bits per heavy atom. The van der Waals surface area contributed by atoms with Crippen LogP contribution < -0.4 is 0 Å². The summed E-state index contributed by atoms with van der Waals surface area (Å²) in [6.07, 6.45) is -12.4. The second-order valence-corrected chi connectivity index (χ2v) is 12.5. The molecule has 25 heteroatoms. The van der Waals surface area contributed by atoms with E-state index in [1.54, 1.807) is 13.8 Å². The van der Waals surface area contributed by atoms with Gasteiger partial charge in [0.05, 0.1) is 23.7 Å². The monoisotopic (exact) mass is 1070 g/mol. The van der Waals surface area contributed by atoms with E-state index in [1.807, 2.05) is 0 Å². The minimum atomic E-state index is -1.30. The first-order chi connectivity index (χ1) is 27.1. The molecule has 2 aliphatic rings. The number of nitrogens with zero attached hydrogens (tertiary/aromatic N) is 2. The van der Waals surface area contributed by atoms with Crippen LogP contribution in [-0.2, 0) is 148 Å². The Morgan fingerprint density at radius 3 is 0.915 bits per heavy atom. The van der Waals surface area contributed by atoms with Crippen LogP contribution in [0.2, 0.25) is 0 Å². The molecule has 0 aromatic rings. The molecule has 0 amide bonds. The zero-order valence-electron chi connectivity index (χ0n) is 34.2. The second-order valence-electron chi connectivity index (χ2n) is 11.8. The number of rotatable bonds is 14. The average Bonchev–Trinajstić information content (AvgIpc) is 3.07. The van der Waals surface area contributed by atoms with Crippen LogP contribution in [0.25, 0.3) is 0 Å². The summed E-state index contributed by atoms with van der Waals surface area (Å²) in [5.41, 5.74) is 0. The van der Waals surface area contributed by atoms with E-state index in [2.05, 4.69) is 9.98 Å². The van der Waals surface area contributed by atoms with Gasteiger partial charge < -0.3 is 82.1 Å². The molecule has 0 radical (unpaired) electrons. The second kappa shape index (κ2) is 27.7. The average molecular weight is 1070 g/mol.